The first-order chi connectivity index (χ1) is 9.77. The van der Waals surface area contributed by atoms with Gasteiger partial charge in [0, 0.05) is 13.2 Å². The summed E-state index contributed by atoms with van der Waals surface area (Å²) in [5.41, 5.74) is 1.48. The van der Waals surface area contributed by atoms with Crippen LogP contribution in [-0.4, -0.2) is 20.9 Å². The van der Waals surface area contributed by atoms with E-state index in [1.165, 1.54) is 5.56 Å². The molecule has 0 bridgehead atoms. The molecule has 21 heavy (non-hydrogen) atoms. The van der Waals surface area contributed by atoms with E-state index in [2.05, 4.69) is 25.9 Å². The molecule has 0 aliphatic heterocycles. The molecule has 4 heteroatoms. The molecule has 3 atom stereocenters. The van der Waals surface area contributed by atoms with Crippen LogP contribution in [0.25, 0.3) is 0 Å². The first kappa shape index (κ1) is 16.1. The van der Waals surface area contributed by atoms with E-state index in [4.69, 9.17) is 0 Å². The maximum Gasteiger partial charge on any atom is 0.306 e. The van der Waals surface area contributed by atoms with Gasteiger partial charge in [-0.15, -0.1) is 0 Å². The predicted octanol–water partition coefficient (Wildman–Crippen LogP) is 3.52. The smallest absolute Gasteiger partial charge is 0.306 e. The van der Waals surface area contributed by atoms with Crippen LogP contribution in [0.15, 0.2) is 12.4 Å². The summed E-state index contributed by atoms with van der Waals surface area (Å²) in [6.07, 6.45) is 8.72. The minimum atomic E-state index is -0.612. The fourth-order valence-electron chi connectivity index (χ4n) is 3.65. The van der Waals surface area contributed by atoms with Crippen molar-refractivity contribution in [2.45, 2.75) is 52.9 Å². The number of rotatable bonds is 4. The van der Waals surface area contributed by atoms with E-state index >= 15 is 0 Å². The molecular formula is C17H28N2O2. The first-order valence-corrected chi connectivity index (χ1v) is 7.97. The number of nitrogens with zero attached hydrogens (tertiary/aromatic N) is 2. The van der Waals surface area contributed by atoms with Crippen LogP contribution in [0, 0.1) is 23.2 Å². The summed E-state index contributed by atoms with van der Waals surface area (Å²) in [6, 6.07) is 0. The molecule has 1 saturated carbocycles. The van der Waals surface area contributed by atoms with Gasteiger partial charge in [-0.1, -0.05) is 20.8 Å². The van der Waals surface area contributed by atoms with Crippen LogP contribution in [0.3, 0.4) is 0 Å². The van der Waals surface area contributed by atoms with Crippen LogP contribution >= 0.6 is 0 Å². The number of hydrogen-bond acceptors (Lipinski definition) is 2. The zero-order valence-electron chi connectivity index (χ0n) is 13.7. The monoisotopic (exact) mass is 292 g/mol. The molecule has 0 amide bonds. The highest BCUT2D eigenvalue weighted by atomic mass is 16.4. The summed E-state index contributed by atoms with van der Waals surface area (Å²) in [5, 5.41) is 13.7. The lowest BCUT2D eigenvalue weighted by atomic mass is 9.64. The minimum Gasteiger partial charge on any atom is -0.481 e. The highest BCUT2D eigenvalue weighted by molar-refractivity contribution is 5.70. The third kappa shape index (κ3) is 4.08. The molecule has 1 aliphatic carbocycles. The second-order valence-electron chi connectivity index (χ2n) is 7.64. The van der Waals surface area contributed by atoms with E-state index in [0.717, 1.165) is 32.1 Å². The third-order valence-electron chi connectivity index (χ3n) is 5.09. The Morgan fingerprint density at radius 3 is 2.67 bits per heavy atom. The molecule has 3 unspecified atom stereocenters. The molecule has 0 radical (unpaired) electrons. The van der Waals surface area contributed by atoms with Crippen molar-refractivity contribution in [2.75, 3.05) is 0 Å². The van der Waals surface area contributed by atoms with E-state index in [1.807, 2.05) is 24.1 Å². The van der Waals surface area contributed by atoms with Crippen molar-refractivity contribution < 1.29 is 9.90 Å². The molecule has 118 valence electrons. The van der Waals surface area contributed by atoms with Crippen LogP contribution in [-0.2, 0) is 18.3 Å². The Labute approximate surface area is 127 Å². The second kappa shape index (κ2) is 6.20. The first-order valence-electron chi connectivity index (χ1n) is 7.97. The van der Waals surface area contributed by atoms with Gasteiger partial charge >= 0.3 is 5.97 Å². The largest absolute Gasteiger partial charge is 0.481 e. The van der Waals surface area contributed by atoms with Gasteiger partial charge in [0.15, 0.2) is 0 Å². The molecular weight excluding hydrogens is 264 g/mol. The fraction of sp³-hybridized carbons (Fsp3) is 0.765. The van der Waals surface area contributed by atoms with E-state index in [9.17, 15) is 9.90 Å². The van der Waals surface area contributed by atoms with Crippen molar-refractivity contribution in [1.29, 1.82) is 0 Å². The second-order valence-corrected chi connectivity index (χ2v) is 7.64. The quantitative estimate of drug-likeness (QED) is 0.924. The molecule has 1 fully saturated rings. The highest BCUT2D eigenvalue weighted by Crippen LogP contribution is 2.44. The van der Waals surface area contributed by atoms with Gasteiger partial charge in [0.25, 0.3) is 0 Å². The van der Waals surface area contributed by atoms with Crippen LogP contribution in [0.1, 0.15) is 52.0 Å². The summed E-state index contributed by atoms with van der Waals surface area (Å²) in [6.45, 7) is 6.82. The van der Waals surface area contributed by atoms with Gasteiger partial charge < -0.3 is 5.11 Å². The molecule has 0 aromatic carbocycles. The van der Waals surface area contributed by atoms with Crippen molar-refractivity contribution in [3.05, 3.63) is 18.0 Å². The van der Waals surface area contributed by atoms with E-state index in [0.29, 0.717) is 11.8 Å². The highest BCUT2D eigenvalue weighted by Gasteiger charge is 2.38. The Morgan fingerprint density at radius 2 is 2.14 bits per heavy atom. The lowest BCUT2D eigenvalue weighted by Crippen LogP contribution is -2.35. The van der Waals surface area contributed by atoms with Gasteiger partial charge in [-0.05, 0) is 54.9 Å². The number of aliphatic carboxylic acids is 1. The molecule has 1 aromatic rings. The van der Waals surface area contributed by atoms with Crippen molar-refractivity contribution in [3.8, 4) is 0 Å². The molecule has 1 aliphatic rings. The molecule has 0 spiro atoms. The van der Waals surface area contributed by atoms with Crippen LogP contribution in [0.5, 0.6) is 0 Å². The number of carboxylic acid groups (broad SMARTS) is 1. The SMILES string of the molecule is Cn1cc(CCC2CC(C(C)(C)C)CCC2C(=O)O)cn1. The Morgan fingerprint density at radius 1 is 1.43 bits per heavy atom. The number of carboxylic acids is 1. The van der Waals surface area contributed by atoms with Crippen molar-refractivity contribution in [3.63, 3.8) is 0 Å². The average Bonchev–Trinajstić information content (AvgIpc) is 2.80. The molecule has 2 rings (SSSR count). The van der Waals surface area contributed by atoms with Crippen LogP contribution < -0.4 is 0 Å². The van der Waals surface area contributed by atoms with Crippen molar-refractivity contribution in [2.24, 2.45) is 30.2 Å². The van der Waals surface area contributed by atoms with Gasteiger partial charge in [-0.3, -0.25) is 9.48 Å². The average molecular weight is 292 g/mol. The minimum absolute atomic E-state index is 0.166. The van der Waals surface area contributed by atoms with Gasteiger partial charge in [0.2, 0.25) is 0 Å². The summed E-state index contributed by atoms with van der Waals surface area (Å²) < 4.78 is 1.81. The maximum atomic E-state index is 11.5. The van der Waals surface area contributed by atoms with Gasteiger partial charge in [0.1, 0.15) is 0 Å². The van der Waals surface area contributed by atoms with E-state index in [1.54, 1.807) is 0 Å². The molecule has 1 heterocycles. The Hall–Kier alpha value is -1.32. The molecule has 1 N–H and O–H groups in total. The standard InChI is InChI=1S/C17H28N2O2/c1-17(2,3)14-7-8-15(16(20)21)13(9-14)6-5-12-10-18-19(4)11-12/h10-11,13-15H,5-9H2,1-4H3,(H,20,21). The number of aryl methyl sites for hydroxylation is 2. The Bertz CT molecular complexity index is 487. The summed E-state index contributed by atoms with van der Waals surface area (Å²) in [5.74, 6) is 0.145. The van der Waals surface area contributed by atoms with Gasteiger partial charge in [0.05, 0.1) is 12.1 Å². The fourth-order valence-corrected chi connectivity index (χ4v) is 3.65. The summed E-state index contributed by atoms with van der Waals surface area (Å²) in [7, 11) is 1.92. The van der Waals surface area contributed by atoms with Gasteiger partial charge in [-0.25, -0.2) is 0 Å². The predicted molar refractivity (Wildman–Crippen MR) is 82.9 cm³/mol. The lowest BCUT2D eigenvalue weighted by molar-refractivity contribution is -0.146. The number of carbonyl (C=O) groups is 1. The van der Waals surface area contributed by atoms with Gasteiger partial charge in [-0.2, -0.15) is 5.10 Å². The zero-order valence-corrected chi connectivity index (χ0v) is 13.7. The topological polar surface area (TPSA) is 55.1 Å². The van der Waals surface area contributed by atoms with Crippen molar-refractivity contribution >= 4 is 5.97 Å². The third-order valence-corrected chi connectivity index (χ3v) is 5.09. The normalized spacial score (nSPS) is 26.8. The van der Waals surface area contributed by atoms with E-state index < -0.39 is 5.97 Å². The molecule has 4 nitrogen and oxygen atoms in total. The zero-order chi connectivity index (χ0) is 15.6. The number of hydrogen-bond donors (Lipinski definition) is 1. The van der Waals surface area contributed by atoms with Crippen molar-refractivity contribution in [1.82, 2.24) is 9.78 Å². The summed E-state index contributed by atoms with van der Waals surface area (Å²) >= 11 is 0. The Kier molecular flexibility index (Phi) is 4.74. The maximum absolute atomic E-state index is 11.5. The lowest BCUT2D eigenvalue weighted by Gasteiger charge is -2.40. The number of aromatic nitrogens is 2. The van der Waals surface area contributed by atoms with Crippen LogP contribution in [0.4, 0.5) is 0 Å². The Balaban J connectivity index is 2.02. The van der Waals surface area contributed by atoms with Crippen LogP contribution in [0.2, 0.25) is 0 Å². The molecule has 1 aromatic heterocycles. The van der Waals surface area contributed by atoms with E-state index in [-0.39, 0.29) is 11.3 Å². The summed E-state index contributed by atoms with van der Waals surface area (Å²) in [4.78, 5) is 11.5. The molecule has 0 saturated heterocycles.